The number of rotatable bonds is 4. The van der Waals surface area contributed by atoms with Crippen LogP contribution in [0.5, 0.6) is 0 Å². The van der Waals surface area contributed by atoms with Crippen molar-refractivity contribution in [3.8, 4) is 11.8 Å². The standard InChI is InChI=1S/C18H23NO2/c1-14-15(7-3-4-12-20)8-5-9-16(14)17(21)19-13-18(2)10-6-11-18/h5,8-9,20H,4,6,10-13H2,1-2H3,(H,19,21). The summed E-state index contributed by atoms with van der Waals surface area (Å²) < 4.78 is 0. The third kappa shape index (κ3) is 3.86. The van der Waals surface area contributed by atoms with E-state index in [1.165, 1.54) is 19.3 Å². The van der Waals surface area contributed by atoms with Gasteiger partial charge in [-0.25, -0.2) is 0 Å². The fourth-order valence-corrected chi connectivity index (χ4v) is 2.58. The summed E-state index contributed by atoms with van der Waals surface area (Å²) in [5.74, 6) is 5.89. The smallest absolute Gasteiger partial charge is 0.251 e. The zero-order valence-electron chi connectivity index (χ0n) is 12.8. The number of aliphatic hydroxyl groups is 1. The molecule has 1 fully saturated rings. The molecule has 0 spiro atoms. The van der Waals surface area contributed by atoms with E-state index in [2.05, 4.69) is 24.1 Å². The Hall–Kier alpha value is -1.79. The Labute approximate surface area is 126 Å². The first kappa shape index (κ1) is 15.6. The molecule has 1 aromatic rings. The molecular weight excluding hydrogens is 262 g/mol. The van der Waals surface area contributed by atoms with Gasteiger partial charge in [0.25, 0.3) is 5.91 Å². The minimum absolute atomic E-state index is 0.0218. The molecule has 0 heterocycles. The van der Waals surface area contributed by atoms with Crippen LogP contribution < -0.4 is 5.32 Å². The van der Waals surface area contributed by atoms with Gasteiger partial charge in [-0.1, -0.05) is 31.3 Å². The van der Waals surface area contributed by atoms with E-state index < -0.39 is 0 Å². The minimum atomic E-state index is -0.0218. The van der Waals surface area contributed by atoms with Crippen molar-refractivity contribution in [2.75, 3.05) is 13.2 Å². The predicted octanol–water partition coefficient (Wildman–Crippen LogP) is 2.65. The van der Waals surface area contributed by atoms with Crippen LogP contribution >= 0.6 is 0 Å². The van der Waals surface area contributed by atoms with Crippen molar-refractivity contribution in [3.05, 3.63) is 34.9 Å². The molecule has 0 atom stereocenters. The highest BCUT2D eigenvalue weighted by Crippen LogP contribution is 2.39. The molecule has 1 amide bonds. The first-order valence-electron chi connectivity index (χ1n) is 7.53. The number of carbonyl (C=O) groups excluding carboxylic acids is 1. The van der Waals surface area contributed by atoms with Crippen LogP contribution in [0.25, 0.3) is 0 Å². The Kier molecular flexibility index (Phi) is 5.03. The fraction of sp³-hybridized carbons (Fsp3) is 0.500. The predicted molar refractivity (Wildman–Crippen MR) is 84.1 cm³/mol. The van der Waals surface area contributed by atoms with Crippen molar-refractivity contribution in [1.82, 2.24) is 5.32 Å². The zero-order chi connectivity index (χ0) is 15.3. The molecule has 1 aliphatic carbocycles. The van der Waals surface area contributed by atoms with Gasteiger partial charge in [0.1, 0.15) is 0 Å². The van der Waals surface area contributed by atoms with Crippen molar-refractivity contribution in [2.24, 2.45) is 5.41 Å². The lowest BCUT2D eigenvalue weighted by atomic mass is 9.70. The SMILES string of the molecule is Cc1c(C#CCCO)cccc1C(=O)NCC1(C)CCC1. The molecular formula is C18H23NO2. The molecule has 0 aliphatic heterocycles. The van der Waals surface area contributed by atoms with Crippen molar-refractivity contribution in [3.63, 3.8) is 0 Å². The third-order valence-corrected chi connectivity index (χ3v) is 4.27. The van der Waals surface area contributed by atoms with Crippen LogP contribution in [0.3, 0.4) is 0 Å². The van der Waals surface area contributed by atoms with E-state index in [1.807, 2.05) is 25.1 Å². The molecule has 1 saturated carbocycles. The molecule has 0 saturated heterocycles. The maximum Gasteiger partial charge on any atom is 0.251 e. The summed E-state index contributed by atoms with van der Waals surface area (Å²) in [6.07, 6.45) is 4.10. The van der Waals surface area contributed by atoms with Crippen molar-refractivity contribution in [2.45, 2.75) is 39.5 Å². The van der Waals surface area contributed by atoms with Gasteiger partial charge in [0.05, 0.1) is 6.61 Å². The Balaban J connectivity index is 2.07. The van der Waals surface area contributed by atoms with E-state index in [0.717, 1.165) is 17.7 Å². The lowest BCUT2D eigenvalue weighted by Gasteiger charge is -2.38. The van der Waals surface area contributed by atoms with Crippen LogP contribution in [0.4, 0.5) is 0 Å². The van der Waals surface area contributed by atoms with Gasteiger partial charge in [-0.05, 0) is 42.9 Å². The van der Waals surface area contributed by atoms with Crippen LogP contribution in [0.2, 0.25) is 0 Å². The highest BCUT2D eigenvalue weighted by Gasteiger charge is 2.32. The van der Waals surface area contributed by atoms with E-state index in [4.69, 9.17) is 5.11 Å². The first-order valence-corrected chi connectivity index (χ1v) is 7.53. The molecule has 2 rings (SSSR count). The maximum absolute atomic E-state index is 12.3. The fourth-order valence-electron chi connectivity index (χ4n) is 2.58. The average Bonchev–Trinajstić information content (AvgIpc) is 2.45. The van der Waals surface area contributed by atoms with Gasteiger partial charge in [0.2, 0.25) is 0 Å². The van der Waals surface area contributed by atoms with E-state index in [9.17, 15) is 4.79 Å². The number of carbonyl (C=O) groups is 1. The first-order chi connectivity index (χ1) is 10.1. The summed E-state index contributed by atoms with van der Waals surface area (Å²) in [7, 11) is 0. The summed E-state index contributed by atoms with van der Waals surface area (Å²) in [5.41, 5.74) is 2.72. The van der Waals surface area contributed by atoms with E-state index in [0.29, 0.717) is 12.0 Å². The van der Waals surface area contributed by atoms with E-state index in [-0.39, 0.29) is 17.9 Å². The number of amides is 1. The monoisotopic (exact) mass is 285 g/mol. The number of nitrogens with one attached hydrogen (secondary N) is 1. The maximum atomic E-state index is 12.3. The van der Waals surface area contributed by atoms with Gasteiger partial charge < -0.3 is 10.4 Å². The van der Waals surface area contributed by atoms with Crippen LogP contribution in [0, 0.1) is 24.2 Å². The third-order valence-electron chi connectivity index (χ3n) is 4.27. The van der Waals surface area contributed by atoms with Crippen LogP contribution in [-0.4, -0.2) is 24.2 Å². The minimum Gasteiger partial charge on any atom is -0.395 e. The lowest BCUT2D eigenvalue weighted by Crippen LogP contribution is -2.40. The second kappa shape index (κ2) is 6.78. The normalized spacial score (nSPS) is 15.6. The second-order valence-electron chi connectivity index (χ2n) is 6.10. The summed E-state index contributed by atoms with van der Waals surface area (Å²) in [4.78, 5) is 12.3. The Morgan fingerprint density at radius 2 is 2.19 bits per heavy atom. The molecule has 0 unspecified atom stereocenters. The van der Waals surface area contributed by atoms with Crippen molar-refractivity contribution in [1.29, 1.82) is 0 Å². The second-order valence-corrected chi connectivity index (χ2v) is 6.10. The molecule has 0 bridgehead atoms. The number of hydrogen-bond donors (Lipinski definition) is 2. The topological polar surface area (TPSA) is 49.3 Å². The molecule has 21 heavy (non-hydrogen) atoms. The van der Waals surface area contributed by atoms with E-state index >= 15 is 0 Å². The molecule has 3 heteroatoms. The summed E-state index contributed by atoms with van der Waals surface area (Å²) in [6.45, 7) is 4.94. The Morgan fingerprint density at radius 3 is 2.81 bits per heavy atom. The molecule has 112 valence electrons. The van der Waals surface area contributed by atoms with Gasteiger partial charge in [-0.15, -0.1) is 0 Å². The van der Waals surface area contributed by atoms with Gasteiger partial charge in [-0.2, -0.15) is 0 Å². The van der Waals surface area contributed by atoms with Gasteiger partial charge in [-0.3, -0.25) is 4.79 Å². The van der Waals surface area contributed by atoms with Crippen molar-refractivity contribution >= 4 is 5.91 Å². The van der Waals surface area contributed by atoms with Crippen LogP contribution in [-0.2, 0) is 0 Å². The van der Waals surface area contributed by atoms with Crippen molar-refractivity contribution < 1.29 is 9.90 Å². The quantitative estimate of drug-likeness (QED) is 0.836. The largest absolute Gasteiger partial charge is 0.395 e. The van der Waals surface area contributed by atoms with Crippen LogP contribution in [0.1, 0.15) is 54.1 Å². The summed E-state index contributed by atoms with van der Waals surface area (Å²) in [6, 6.07) is 5.60. The van der Waals surface area contributed by atoms with Gasteiger partial charge >= 0.3 is 0 Å². The molecule has 3 nitrogen and oxygen atoms in total. The molecule has 2 N–H and O–H groups in total. The summed E-state index contributed by atoms with van der Waals surface area (Å²) in [5, 5.41) is 11.8. The Morgan fingerprint density at radius 1 is 1.43 bits per heavy atom. The number of hydrogen-bond acceptors (Lipinski definition) is 2. The van der Waals surface area contributed by atoms with Gasteiger partial charge in [0, 0.05) is 24.1 Å². The molecule has 0 aromatic heterocycles. The number of aliphatic hydroxyl groups excluding tert-OH is 1. The average molecular weight is 285 g/mol. The highest BCUT2D eigenvalue weighted by atomic mass is 16.2. The van der Waals surface area contributed by atoms with Crippen LogP contribution in [0.15, 0.2) is 18.2 Å². The lowest BCUT2D eigenvalue weighted by molar-refractivity contribution is 0.0890. The molecule has 1 aromatic carbocycles. The number of benzene rings is 1. The Bertz CT molecular complexity index is 577. The summed E-state index contributed by atoms with van der Waals surface area (Å²) >= 11 is 0. The molecule has 1 aliphatic rings. The zero-order valence-corrected chi connectivity index (χ0v) is 12.8. The molecule has 0 radical (unpaired) electrons. The highest BCUT2D eigenvalue weighted by molar-refractivity contribution is 5.96. The van der Waals surface area contributed by atoms with E-state index in [1.54, 1.807) is 0 Å². The van der Waals surface area contributed by atoms with Gasteiger partial charge in [0.15, 0.2) is 0 Å².